The Kier molecular flexibility index (Phi) is 8.13. The predicted molar refractivity (Wildman–Crippen MR) is 137 cm³/mol. The van der Waals surface area contributed by atoms with Crippen LogP contribution in [0.3, 0.4) is 0 Å². The highest BCUT2D eigenvalue weighted by Crippen LogP contribution is 2.26. The molecule has 1 heterocycles. The summed E-state index contributed by atoms with van der Waals surface area (Å²) in [7, 11) is 0. The van der Waals surface area contributed by atoms with Gasteiger partial charge in [-0.1, -0.05) is 60.2 Å². The van der Waals surface area contributed by atoms with Crippen LogP contribution in [0.4, 0.5) is 5.69 Å². The van der Waals surface area contributed by atoms with E-state index in [1.165, 1.54) is 0 Å². The number of benzene rings is 3. The Hall–Kier alpha value is -3.68. The second-order valence-electron chi connectivity index (χ2n) is 7.85. The zero-order valence-corrected chi connectivity index (χ0v) is 20.4. The zero-order valence-electron chi connectivity index (χ0n) is 19.6. The Morgan fingerprint density at radius 1 is 1.00 bits per heavy atom. The van der Waals surface area contributed by atoms with Crippen molar-refractivity contribution in [3.63, 3.8) is 0 Å². The van der Waals surface area contributed by atoms with Gasteiger partial charge in [0.25, 0.3) is 0 Å². The molecule has 0 aliphatic heterocycles. The summed E-state index contributed by atoms with van der Waals surface area (Å²) in [5.41, 5.74) is 4.21. The first-order valence-electron chi connectivity index (χ1n) is 11.4. The molecule has 1 atom stereocenters. The average molecular weight is 491 g/mol. The molecular weight excluding hydrogens is 464 g/mol. The number of amides is 1. The molecule has 4 aromatic rings. The molecule has 180 valence electrons. The predicted octanol–water partition coefficient (Wildman–Crippen LogP) is 5.58. The maximum atomic E-state index is 12.6. The van der Waals surface area contributed by atoms with Gasteiger partial charge in [0.05, 0.1) is 12.3 Å². The van der Waals surface area contributed by atoms with Crippen LogP contribution in [0.25, 0.3) is 17.1 Å². The van der Waals surface area contributed by atoms with Crippen molar-refractivity contribution in [1.82, 2.24) is 14.8 Å². The zero-order chi connectivity index (χ0) is 24.6. The van der Waals surface area contributed by atoms with Gasteiger partial charge in [0.15, 0.2) is 5.82 Å². The summed E-state index contributed by atoms with van der Waals surface area (Å²) >= 11 is 6.34. The maximum Gasteiger partial charge on any atom is 0.336 e. The smallest absolute Gasteiger partial charge is 0.336 e. The summed E-state index contributed by atoms with van der Waals surface area (Å²) in [6.07, 6.45) is 0. The van der Waals surface area contributed by atoms with E-state index in [2.05, 4.69) is 15.4 Å². The molecule has 1 aromatic heterocycles. The van der Waals surface area contributed by atoms with Crippen molar-refractivity contribution < 1.29 is 14.3 Å². The number of carbonyl (C=O) groups is 1. The lowest BCUT2D eigenvalue weighted by atomic mass is 10.1. The number of nitrogens with zero attached hydrogens (tertiary/aromatic N) is 3. The second kappa shape index (κ2) is 11.6. The Labute approximate surface area is 209 Å². The van der Waals surface area contributed by atoms with Crippen LogP contribution in [0.1, 0.15) is 23.4 Å². The number of hydrogen-bond donors (Lipinski definition) is 1. The third-order valence-corrected chi connectivity index (χ3v) is 5.71. The fourth-order valence-corrected chi connectivity index (χ4v) is 3.63. The minimum atomic E-state index is -0.782. The number of halogens is 1. The van der Waals surface area contributed by atoms with Crippen molar-refractivity contribution in [2.75, 3.05) is 25.1 Å². The lowest BCUT2D eigenvalue weighted by molar-refractivity contribution is -0.116. The standard InChI is InChI=1S/C27H27ClN4O3/c1-3-34-17-18-35-27-30-25(21-11-9-19(2)10-12-21)32(31-27)23-15-13-22(14-16-23)29-26(33)24(28)20-7-5-4-6-8-20/h4-16,24H,3,17-18H2,1-2H3,(H,29,33). The van der Waals surface area contributed by atoms with Gasteiger partial charge in [-0.15, -0.1) is 16.7 Å². The monoisotopic (exact) mass is 490 g/mol. The molecule has 0 spiro atoms. The molecule has 0 aliphatic rings. The second-order valence-corrected chi connectivity index (χ2v) is 8.29. The van der Waals surface area contributed by atoms with Crippen LogP contribution in [0.2, 0.25) is 0 Å². The molecule has 0 saturated carbocycles. The van der Waals surface area contributed by atoms with E-state index in [4.69, 9.17) is 21.1 Å². The summed E-state index contributed by atoms with van der Waals surface area (Å²) in [5.74, 6) is 0.356. The fraction of sp³-hybridized carbons (Fsp3) is 0.222. The molecule has 0 saturated heterocycles. The molecule has 0 radical (unpaired) electrons. The van der Waals surface area contributed by atoms with Gasteiger partial charge < -0.3 is 14.8 Å². The van der Waals surface area contributed by atoms with Crippen LogP contribution < -0.4 is 10.1 Å². The average Bonchev–Trinajstić information content (AvgIpc) is 3.31. The first-order chi connectivity index (χ1) is 17.0. The summed E-state index contributed by atoms with van der Waals surface area (Å²) in [6.45, 7) is 5.41. The third-order valence-electron chi connectivity index (χ3n) is 5.26. The van der Waals surface area contributed by atoms with E-state index in [0.717, 1.165) is 22.4 Å². The van der Waals surface area contributed by atoms with Gasteiger partial charge in [-0.25, -0.2) is 4.68 Å². The van der Waals surface area contributed by atoms with Gasteiger partial charge in [0.2, 0.25) is 5.91 Å². The number of hydrogen-bond acceptors (Lipinski definition) is 5. The Bertz CT molecular complexity index is 1240. The molecule has 3 aromatic carbocycles. The van der Waals surface area contributed by atoms with E-state index in [9.17, 15) is 4.79 Å². The minimum Gasteiger partial charge on any atom is -0.460 e. The summed E-state index contributed by atoms with van der Waals surface area (Å²) in [4.78, 5) is 17.2. The van der Waals surface area contributed by atoms with Crippen LogP contribution in [-0.4, -0.2) is 40.5 Å². The van der Waals surface area contributed by atoms with Gasteiger partial charge in [0.1, 0.15) is 12.0 Å². The van der Waals surface area contributed by atoms with Crippen molar-refractivity contribution in [2.45, 2.75) is 19.2 Å². The van der Waals surface area contributed by atoms with E-state index in [1.807, 2.05) is 80.6 Å². The molecule has 7 nitrogen and oxygen atoms in total. The van der Waals surface area contributed by atoms with Gasteiger partial charge >= 0.3 is 6.01 Å². The number of ether oxygens (including phenoxy) is 2. The lowest BCUT2D eigenvalue weighted by Gasteiger charge is -2.12. The minimum absolute atomic E-state index is 0.269. The topological polar surface area (TPSA) is 78.3 Å². The third kappa shape index (κ3) is 6.26. The van der Waals surface area contributed by atoms with E-state index >= 15 is 0 Å². The quantitative estimate of drug-likeness (QED) is 0.232. The van der Waals surface area contributed by atoms with Crippen LogP contribution >= 0.6 is 11.6 Å². The summed E-state index contributed by atoms with van der Waals surface area (Å²) < 4.78 is 12.8. The normalized spacial score (nSPS) is 11.7. The molecule has 0 aliphatic carbocycles. The Morgan fingerprint density at radius 3 is 2.40 bits per heavy atom. The Balaban J connectivity index is 1.54. The van der Waals surface area contributed by atoms with Gasteiger partial charge in [-0.3, -0.25) is 4.79 Å². The molecule has 0 bridgehead atoms. The molecule has 1 unspecified atom stereocenters. The van der Waals surface area contributed by atoms with E-state index in [-0.39, 0.29) is 11.9 Å². The van der Waals surface area contributed by atoms with Crippen molar-refractivity contribution in [3.8, 4) is 23.1 Å². The summed E-state index contributed by atoms with van der Waals surface area (Å²) in [5, 5.41) is 6.63. The largest absolute Gasteiger partial charge is 0.460 e. The molecule has 0 fully saturated rings. The number of aryl methyl sites for hydroxylation is 1. The fourth-order valence-electron chi connectivity index (χ4n) is 3.43. The number of rotatable bonds is 10. The molecule has 1 N–H and O–H groups in total. The van der Waals surface area contributed by atoms with Crippen molar-refractivity contribution in [1.29, 1.82) is 0 Å². The number of aromatic nitrogens is 3. The molecule has 1 amide bonds. The highest BCUT2D eigenvalue weighted by Gasteiger charge is 2.18. The highest BCUT2D eigenvalue weighted by atomic mass is 35.5. The number of anilines is 1. The lowest BCUT2D eigenvalue weighted by Crippen LogP contribution is -2.17. The van der Waals surface area contributed by atoms with Gasteiger partial charge in [-0.2, -0.15) is 4.98 Å². The van der Waals surface area contributed by atoms with Crippen molar-refractivity contribution in [2.24, 2.45) is 0 Å². The first kappa shape index (κ1) is 24.4. The highest BCUT2D eigenvalue weighted by molar-refractivity contribution is 6.32. The summed E-state index contributed by atoms with van der Waals surface area (Å²) in [6, 6.07) is 24.9. The van der Waals surface area contributed by atoms with E-state index in [1.54, 1.807) is 16.8 Å². The van der Waals surface area contributed by atoms with Crippen LogP contribution in [0, 0.1) is 6.92 Å². The van der Waals surface area contributed by atoms with Crippen LogP contribution in [0.5, 0.6) is 6.01 Å². The van der Waals surface area contributed by atoms with Crippen molar-refractivity contribution in [3.05, 3.63) is 90.0 Å². The van der Waals surface area contributed by atoms with Gasteiger partial charge in [0, 0.05) is 17.9 Å². The Morgan fingerprint density at radius 2 is 1.71 bits per heavy atom. The van der Waals surface area contributed by atoms with Crippen LogP contribution in [0.15, 0.2) is 78.9 Å². The molecule has 4 rings (SSSR count). The van der Waals surface area contributed by atoms with E-state index < -0.39 is 5.38 Å². The first-order valence-corrected chi connectivity index (χ1v) is 11.8. The molecule has 8 heteroatoms. The maximum absolute atomic E-state index is 12.6. The SMILES string of the molecule is CCOCCOc1nc(-c2ccc(C)cc2)n(-c2ccc(NC(=O)C(Cl)c3ccccc3)cc2)n1. The number of alkyl halides is 1. The number of carbonyl (C=O) groups excluding carboxylic acids is 1. The number of nitrogens with one attached hydrogen (secondary N) is 1. The van der Waals surface area contributed by atoms with Crippen molar-refractivity contribution >= 4 is 23.2 Å². The molecular formula is C27H27ClN4O3. The van der Waals surface area contributed by atoms with Gasteiger partial charge in [-0.05, 0) is 43.7 Å². The van der Waals surface area contributed by atoms with Crippen LogP contribution in [-0.2, 0) is 9.53 Å². The van der Waals surface area contributed by atoms with E-state index in [0.29, 0.717) is 31.3 Å². The molecule has 35 heavy (non-hydrogen) atoms.